The number of rotatable bonds is 8. The Morgan fingerprint density at radius 1 is 1.17 bits per heavy atom. The zero-order valence-corrected chi connectivity index (χ0v) is 18.1. The second kappa shape index (κ2) is 7.76. The highest BCUT2D eigenvalue weighted by atomic mass is 32.2. The maximum atomic E-state index is 12.8. The first kappa shape index (κ1) is 19.1. The van der Waals surface area contributed by atoms with Crippen LogP contribution in [0.25, 0.3) is 10.2 Å². The van der Waals surface area contributed by atoms with Gasteiger partial charge in [-0.3, -0.25) is 14.5 Å². The summed E-state index contributed by atoms with van der Waals surface area (Å²) >= 11 is 3.53. The van der Waals surface area contributed by atoms with Crippen LogP contribution in [0.2, 0.25) is 0 Å². The molecule has 2 aromatic rings. The topological polar surface area (TPSA) is 62.3 Å². The Morgan fingerprint density at radius 2 is 1.93 bits per heavy atom. The number of benzene rings is 1. The molecule has 2 heterocycles. The number of thiazole rings is 1. The number of nitrogens with zero attached hydrogens (tertiary/aromatic N) is 2. The molecule has 1 saturated heterocycles. The lowest BCUT2D eigenvalue weighted by Crippen LogP contribution is -2.37. The standard InChI is InChI=1S/C22H25N3O2S2/c1-2-3-4-9-28-22-24-16-8-7-15(11-17(16)29-22)23-12-25-20(26)18-13-5-6-14(10-13)19(18)21(25)27/h5-8,11,13-14,18-19,23H,2-4,9-10,12H2,1H3/t13-,14+,18-,19+. The number of carbonyl (C=O) groups is 2. The van der Waals surface area contributed by atoms with E-state index in [4.69, 9.17) is 4.98 Å². The van der Waals surface area contributed by atoms with E-state index in [0.29, 0.717) is 0 Å². The van der Waals surface area contributed by atoms with Gasteiger partial charge in [0.05, 0.1) is 28.7 Å². The lowest BCUT2D eigenvalue weighted by Gasteiger charge is -2.18. The number of allylic oxidation sites excluding steroid dienone is 2. The first-order valence-corrected chi connectivity index (χ1v) is 12.3. The van der Waals surface area contributed by atoms with E-state index in [-0.39, 0.29) is 42.2 Å². The number of nitrogens with one attached hydrogen (secondary N) is 1. The van der Waals surface area contributed by atoms with Crippen LogP contribution in [-0.4, -0.2) is 34.1 Å². The number of hydrogen-bond acceptors (Lipinski definition) is 6. The highest BCUT2D eigenvalue weighted by Crippen LogP contribution is 2.52. The first-order chi connectivity index (χ1) is 14.2. The Kier molecular flexibility index (Phi) is 5.12. The van der Waals surface area contributed by atoms with Gasteiger partial charge in [-0.2, -0.15) is 0 Å². The van der Waals surface area contributed by atoms with Crippen molar-refractivity contribution in [1.82, 2.24) is 9.88 Å². The van der Waals surface area contributed by atoms with Crippen LogP contribution in [0, 0.1) is 23.7 Å². The number of carbonyl (C=O) groups excluding carboxylic acids is 2. The summed E-state index contributed by atoms with van der Waals surface area (Å²) in [6.45, 7) is 2.46. The molecule has 0 spiro atoms. The highest BCUT2D eigenvalue weighted by Gasteiger charge is 2.59. The molecule has 2 amide bonds. The van der Waals surface area contributed by atoms with Crippen molar-refractivity contribution in [2.24, 2.45) is 23.7 Å². The molecule has 1 aromatic carbocycles. The van der Waals surface area contributed by atoms with Crippen LogP contribution in [0.5, 0.6) is 0 Å². The quantitative estimate of drug-likeness (QED) is 0.285. The SMILES string of the molecule is CCCCCSc1nc2ccc(NCN3C(=O)[C@@H]4[C@H](C3=O)[C@@H]3C=C[C@H]4C3)cc2s1. The van der Waals surface area contributed by atoms with E-state index < -0.39 is 0 Å². The summed E-state index contributed by atoms with van der Waals surface area (Å²) in [5, 5.41) is 3.28. The van der Waals surface area contributed by atoms with Crippen molar-refractivity contribution in [3.8, 4) is 0 Å². The Bertz CT molecular complexity index is 956. The Morgan fingerprint density at radius 3 is 2.66 bits per heavy atom. The minimum Gasteiger partial charge on any atom is -0.367 e. The summed E-state index contributed by atoms with van der Waals surface area (Å²) in [5.74, 6) is 1.35. The van der Waals surface area contributed by atoms with Crippen molar-refractivity contribution < 1.29 is 9.59 Å². The second-order valence-electron chi connectivity index (χ2n) is 8.16. The van der Waals surface area contributed by atoms with Gasteiger partial charge in [0.2, 0.25) is 11.8 Å². The molecule has 2 aliphatic carbocycles. The number of fused-ring (bicyclic) bond motifs is 6. The molecular weight excluding hydrogens is 402 g/mol. The van der Waals surface area contributed by atoms with Crippen LogP contribution < -0.4 is 5.32 Å². The lowest BCUT2D eigenvalue weighted by atomic mass is 9.85. The van der Waals surface area contributed by atoms with Gasteiger partial charge in [-0.05, 0) is 42.9 Å². The van der Waals surface area contributed by atoms with Gasteiger partial charge >= 0.3 is 0 Å². The minimum absolute atomic E-state index is 0.00557. The van der Waals surface area contributed by atoms with E-state index in [1.54, 1.807) is 11.3 Å². The van der Waals surface area contributed by atoms with Crippen molar-refractivity contribution in [3.63, 3.8) is 0 Å². The van der Waals surface area contributed by atoms with Crippen molar-refractivity contribution in [2.75, 3.05) is 17.7 Å². The molecule has 5 nitrogen and oxygen atoms in total. The van der Waals surface area contributed by atoms with Crippen LogP contribution >= 0.6 is 23.1 Å². The van der Waals surface area contributed by atoms with E-state index in [0.717, 1.165) is 32.4 Å². The fraction of sp³-hybridized carbons (Fsp3) is 0.500. The van der Waals surface area contributed by atoms with E-state index >= 15 is 0 Å². The van der Waals surface area contributed by atoms with Crippen LogP contribution in [0.3, 0.4) is 0 Å². The molecule has 1 aliphatic heterocycles. The number of amides is 2. The number of imide groups is 1. The van der Waals surface area contributed by atoms with Crippen molar-refractivity contribution in [3.05, 3.63) is 30.4 Å². The lowest BCUT2D eigenvalue weighted by molar-refractivity contribution is -0.140. The normalized spacial score (nSPS) is 27.4. The van der Waals surface area contributed by atoms with Crippen LogP contribution in [0.1, 0.15) is 32.6 Å². The van der Waals surface area contributed by atoms with Gasteiger partial charge in [0.1, 0.15) is 0 Å². The molecule has 5 rings (SSSR count). The van der Waals surface area contributed by atoms with Gasteiger partial charge in [-0.1, -0.05) is 43.7 Å². The molecule has 7 heteroatoms. The van der Waals surface area contributed by atoms with Gasteiger partial charge < -0.3 is 5.32 Å². The molecule has 0 radical (unpaired) electrons. The molecule has 0 unspecified atom stereocenters. The Balaban J connectivity index is 1.23. The first-order valence-electron chi connectivity index (χ1n) is 10.5. The third-order valence-electron chi connectivity index (χ3n) is 6.35. The number of aromatic nitrogens is 1. The van der Waals surface area contributed by atoms with Gasteiger partial charge in [0, 0.05) is 11.4 Å². The molecular formula is C22H25N3O2S2. The molecule has 3 aliphatic rings. The monoisotopic (exact) mass is 427 g/mol. The third-order valence-corrected chi connectivity index (χ3v) is 8.59. The predicted molar refractivity (Wildman–Crippen MR) is 118 cm³/mol. The van der Waals surface area contributed by atoms with Crippen LogP contribution in [-0.2, 0) is 9.59 Å². The summed E-state index contributed by atoms with van der Waals surface area (Å²) in [4.78, 5) is 31.7. The maximum Gasteiger partial charge on any atom is 0.235 e. The zero-order chi connectivity index (χ0) is 20.0. The number of anilines is 1. The summed E-state index contributed by atoms with van der Waals surface area (Å²) in [6.07, 6.45) is 8.94. The predicted octanol–water partition coefficient (Wildman–Crippen LogP) is 4.76. The molecule has 1 saturated carbocycles. The van der Waals surface area contributed by atoms with Gasteiger partial charge in [0.15, 0.2) is 4.34 Å². The third kappa shape index (κ3) is 3.38. The Labute approximate surface area is 178 Å². The smallest absolute Gasteiger partial charge is 0.235 e. The Hall–Kier alpha value is -1.86. The van der Waals surface area contributed by atoms with E-state index in [1.807, 2.05) is 23.9 Å². The number of hydrogen-bond donors (Lipinski definition) is 1. The number of likely N-dealkylation sites (tertiary alicyclic amines) is 1. The minimum atomic E-state index is -0.129. The average molecular weight is 428 g/mol. The van der Waals surface area contributed by atoms with Crippen LogP contribution in [0.15, 0.2) is 34.7 Å². The number of unbranched alkanes of at least 4 members (excludes halogenated alkanes) is 2. The number of thioether (sulfide) groups is 1. The van der Waals surface area contributed by atoms with Crippen molar-refractivity contribution in [2.45, 2.75) is 36.9 Å². The fourth-order valence-electron chi connectivity index (χ4n) is 4.88. The fourth-order valence-corrected chi connectivity index (χ4v) is 7.05. The molecule has 29 heavy (non-hydrogen) atoms. The molecule has 1 N–H and O–H groups in total. The highest BCUT2D eigenvalue weighted by molar-refractivity contribution is 8.01. The van der Waals surface area contributed by atoms with Crippen molar-refractivity contribution in [1.29, 1.82) is 0 Å². The molecule has 2 bridgehead atoms. The summed E-state index contributed by atoms with van der Waals surface area (Å²) in [7, 11) is 0. The summed E-state index contributed by atoms with van der Waals surface area (Å²) in [5.41, 5.74) is 1.92. The zero-order valence-electron chi connectivity index (χ0n) is 16.5. The largest absolute Gasteiger partial charge is 0.367 e. The molecule has 152 valence electrons. The molecule has 2 fully saturated rings. The maximum absolute atomic E-state index is 12.8. The van der Waals surface area contributed by atoms with E-state index in [9.17, 15) is 9.59 Å². The van der Waals surface area contributed by atoms with Gasteiger partial charge in [-0.25, -0.2) is 4.98 Å². The summed E-state index contributed by atoms with van der Waals surface area (Å²) < 4.78 is 2.24. The van der Waals surface area contributed by atoms with Crippen molar-refractivity contribution >= 4 is 50.8 Å². The summed E-state index contributed by atoms with van der Waals surface area (Å²) in [6, 6.07) is 6.06. The second-order valence-corrected chi connectivity index (χ2v) is 10.5. The van der Waals surface area contributed by atoms with Crippen LogP contribution in [0.4, 0.5) is 5.69 Å². The van der Waals surface area contributed by atoms with Gasteiger partial charge in [-0.15, -0.1) is 11.3 Å². The van der Waals surface area contributed by atoms with E-state index in [1.165, 1.54) is 24.2 Å². The average Bonchev–Trinajstić information content (AvgIpc) is 3.47. The van der Waals surface area contributed by atoms with Gasteiger partial charge in [0.25, 0.3) is 0 Å². The molecule has 4 atom stereocenters. The van der Waals surface area contributed by atoms with E-state index in [2.05, 4.69) is 30.5 Å². The molecule has 1 aromatic heterocycles.